The molecule has 0 radical (unpaired) electrons. The lowest BCUT2D eigenvalue weighted by Gasteiger charge is -2.15. The van der Waals surface area contributed by atoms with Gasteiger partial charge in [0.25, 0.3) is 0 Å². The molecule has 0 fully saturated rings. The summed E-state index contributed by atoms with van der Waals surface area (Å²) in [5.74, 6) is 1.44. The smallest absolute Gasteiger partial charge is 0.175 e. The molecule has 1 rings (SSSR count). The molecule has 0 aliphatic rings. The van der Waals surface area contributed by atoms with Crippen molar-refractivity contribution in [2.75, 3.05) is 6.54 Å². The molecule has 0 spiro atoms. The molecule has 0 saturated heterocycles. The molecular weight excluding hydrogens is 190 g/mol. The lowest BCUT2D eigenvalue weighted by Crippen LogP contribution is -2.29. The lowest BCUT2D eigenvalue weighted by molar-refractivity contribution is 0.428. The maximum absolute atomic E-state index is 4.19. The Kier molecular flexibility index (Phi) is 4.68. The molecule has 0 bridgehead atoms. The van der Waals surface area contributed by atoms with Crippen LogP contribution in [0.4, 0.5) is 0 Å². The summed E-state index contributed by atoms with van der Waals surface area (Å²) in [4.78, 5) is 1.51. The molecule has 1 aromatic heterocycles. The van der Waals surface area contributed by atoms with E-state index in [0.29, 0.717) is 12.0 Å². The number of hydrogen-bond donors (Lipinski definition) is 1. The Hall–Kier alpha value is -0.970. The summed E-state index contributed by atoms with van der Waals surface area (Å²) in [5.41, 5.74) is 0. The van der Waals surface area contributed by atoms with Gasteiger partial charge in [0.05, 0.1) is 7.05 Å². The van der Waals surface area contributed by atoms with Gasteiger partial charge in [-0.25, -0.2) is 0 Å². The third-order valence-corrected chi connectivity index (χ3v) is 2.41. The first-order valence-corrected chi connectivity index (χ1v) is 5.58. The Morgan fingerprint density at radius 3 is 2.60 bits per heavy atom. The van der Waals surface area contributed by atoms with E-state index in [1.807, 2.05) is 0 Å². The fraction of sp³-hybridized carbons (Fsp3) is 0.900. The SMILES string of the molecule is CCC(CNC(C)C)Cc1nnn(C)n1. The second-order valence-corrected chi connectivity index (χ2v) is 4.24. The predicted molar refractivity (Wildman–Crippen MR) is 59.4 cm³/mol. The van der Waals surface area contributed by atoms with Crippen LogP contribution in [-0.4, -0.2) is 32.8 Å². The van der Waals surface area contributed by atoms with E-state index in [0.717, 1.165) is 25.2 Å². The van der Waals surface area contributed by atoms with E-state index < -0.39 is 0 Å². The second kappa shape index (κ2) is 5.80. The highest BCUT2D eigenvalue weighted by molar-refractivity contribution is 4.81. The van der Waals surface area contributed by atoms with Crippen LogP contribution in [0.5, 0.6) is 0 Å². The Bertz CT molecular complexity index is 281. The number of aryl methyl sites for hydroxylation is 1. The van der Waals surface area contributed by atoms with Gasteiger partial charge in [0, 0.05) is 12.5 Å². The fourth-order valence-corrected chi connectivity index (χ4v) is 1.43. The summed E-state index contributed by atoms with van der Waals surface area (Å²) in [6.07, 6.45) is 2.04. The van der Waals surface area contributed by atoms with Crippen LogP contribution in [0.3, 0.4) is 0 Å². The first-order valence-electron chi connectivity index (χ1n) is 5.58. The van der Waals surface area contributed by atoms with Crippen molar-refractivity contribution >= 4 is 0 Å². The van der Waals surface area contributed by atoms with Crippen LogP contribution < -0.4 is 5.32 Å². The van der Waals surface area contributed by atoms with Gasteiger partial charge in [-0.3, -0.25) is 0 Å². The van der Waals surface area contributed by atoms with Gasteiger partial charge >= 0.3 is 0 Å². The van der Waals surface area contributed by atoms with Crippen molar-refractivity contribution < 1.29 is 0 Å². The number of tetrazole rings is 1. The first kappa shape index (κ1) is 12.1. The van der Waals surface area contributed by atoms with Crippen LogP contribution in [-0.2, 0) is 13.5 Å². The fourth-order valence-electron chi connectivity index (χ4n) is 1.43. The Morgan fingerprint density at radius 2 is 2.13 bits per heavy atom. The normalized spacial score (nSPS) is 13.4. The van der Waals surface area contributed by atoms with Crippen molar-refractivity contribution in [3.63, 3.8) is 0 Å². The zero-order valence-electron chi connectivity index (χ0n) is 10.1. The van der Waals surface area contributed by atoms with E-state index in [2.05, 4.69) is 41.5 Å². The summed E-state index contributed by atoms with van der Waals surface area (Å²) >= 11 is 0. The average molecular weight is 211 g/mol. The van der Waals surface area contributed by atoms with Crippen molar-refractivity contribution in [1.82, 2.24) is 25.5 Å². The molecule has 0 amide bonds. The summed E-state index contributed by atoms with van der Waals surface area (Å²) in [5, 5.41) is 15.5. The summed E-state index contributed by atoms with van der Waals surface area (Å²) in [7, 11) is 1.80. The predicted octanol–water partition coefficient (Wildman–Crippen LogP) is 0.777. The standard InChI is InChI=1S/C10H21N5/c1-5-9(7-11-8(2)3)6-10-12-14-15(4)13-10/h8-9,11H,5-7H2,1-4H3. The highest BCUT2D eigenvalue weighted by atomic mass is 15.6. The van der Waals surface area contributed by atoms with Crippen molar-refractivity contribution in [2.24, 2.45) is 13.0 Å². The molecule has 1 aromatic rings. The lowest BCUT2D eigenvalue weighted by atomic mass is 10.0. The van der Waals surface area contributed by atoms with Crippen LogP contribution in [0, 0.1) is 5.92 Å². The van der Waals surface area contributed by atoms with Crippen molar-refractivity contribution in [1.29, 1.82) is 0 Å². The molecule has 0 aliphatic carbocycles. The molecule has 0 aliphatic heterocycles. The molecule has 1 atom stereocenters. The Morgan fingerprint density at radius 1 is 1.40 bits per heavy atom. The van der Waals surface area contributed by atoms with Crippen LogP contribution in [0.15, 0.2) is 0 Å². The average Bonchev–Trinajstić information content (AvgIpc) is 2.58. The number of aromatic nitrogens is 4. The van der Waals surface area contributed by atoms with Crippen LogP contribution in [0.2, 0.25) is 0 Å². The molecule has 86 valence electrons. The van der Waals surface area contributed by atoms with Gasteiger partial charge in [-0.15, -0.1) is 10.2 Å². The number of hydrogen-bond acceptors (Lipinski definition) is 4. The van der Waals surface area contributed by atoms with Gasteiger partial charge < -0.3 is 5.32 Å². The minimum absolute atomic E-state index is 0.536. The molecule has 5 nitrogen and oxygen atoms in total. The summed E-state index contributed by atoms with van der Waals surface area (Å²) in [6, 6.07) is 0.536. The molecule has 0 saturated carbocycles. The van der Waals surface area contributed by atoms with Gasteiger partial charge in [0.1, 0.15) is 0 Å². The first-order chi connectivity index (χ1) is 7.11. The number of nitrogens with one attached hydrogen (secondary N) is 1. The maximum Gasteiger partial charge on any atom is 0.175 e. The van der Waals surface area contributed by atoms with E-state index in [1.54, 1.807) is 7.05 Å². The van der Waals surface area contributed by atoms with Crippen LogP contribution >= 0.6 is 0 Å². The van der Waals surface area contributed by atoms with Gasteiger partial charge in [-0.1, -0.05) is 27.2 Å². The molecule has 1 N–H and O–H groups in total. The third kappa shape index (κ3) is 4.38. The van der Waals surface area contributed by atoms with E-state index in [4.69, 9.17) is 0 Å². The largest absolute Gasteiger partial charge is 0.314 e. The summed E-state index contributed by atoms with van der Waals surface area (Å²) in [6.45, 7) is 7.54. The van der Waals surface area contributed by atoms with Crippen LogP contribution in [0.1, 0.15) is 33.0 Å². The molecule has 5 heteroatoms. The minimum atomic E-state index is 0.536. The molecule has 1 unspecified atom stereocenters. The second-order valence-electron chi connectivity index (χ2n) is 4.24. The molecule has 15 heavy (non-hydrogen) atoms. The Labute approximate surface area is 91.2 Å². The maximum atomic E-state index is 4.19. The molecule has 0 aromatic carbocycles. The third-order valence-electron chi connectivity index (χ3n) is 2.41. The van der Waals surface area contributed by atoms with Gasteiger partial charge in [-0.05, 0) is 17.7 Å². The van der Waals surface area contributed by atoms with E-state index in [9.17, 15) is 0 Å². The van der Waals surface area contributed by atoms with Crippen molar-refractivity contribution in [2.45, 2.75) is 39.7 Å². The Balaban J connectivity index is 2.39. The molecule has 1 heterocycles. The van der Waals surface area contributed by atoms with E-state index >= 15 is 0 Å². The van der Waals surface area contributed by atoms with E-state index in [-0.39, 0.29) is 0 Å². The summed E-state index contributed by atoms with van der Waals surface area (Å²) < 4.78 is 0. The van der Waals surface area contributed by atoms with Crippen LogP contribution in [0.25, 0.3) is 0 Å². The highest BCUT2D eigenvalue weighted by Crippen LogP contribution is 2.07. The van der Waals surface area contributed by atoms with E-state index in [1.165, 1.54) is 4.80 Å². The number of rotatable bonds is 6. The van der Waals surface area contributed by atoms with Crippen molar-refractivity contribution in [3.05, 3.63) is 5.82 Å². The molecular formula is C10H21N5. The zero-order valence-corrected chi connectivity index (χ0v) is 10.1. The topological polar surface area (TPSA) is 55.6 Å². The monoisotopic (exact) mass is 211 g/mol. The van der Waals surface area contributed by atoms with Gasteiger partial charge in [0.15, 0.2) is 5.82 Å². The van der Waals surface area contributed by atoms with Crippen molar-refractivity contribution in [3.8, 4) is 0 Å². The highest BCUT2D eigenvalue weighted by Gasteiger charge is 2.11. The quantitative estimate of drug-likeness (QED) is 0.755. The zero-order chi connectivity index (χ0) is 11.3. The number of nitrogens with zero attached hydrogens (tertiary/aromatic N) is 4. The van der Waals surface area contributed by atoms with Gasteiger partial charge in [-0.2, -0.15) is 4.80 Å². The van der Waals surface area contributed by atoms with Gasteiger partial charge in [0.2, 0.25) is 0 Å². The minimum Gasteiger partial charge on any atom is -0.314 e.